The number of benzene rings is 2. The fourth-order valence-electron chi connectivity index (χ4n) is 2.53. The number of carbonyl (C=O) groups is 2. The molecule has 2 amide bonds. The van der Waals surface area contributed by atoms with E-state index in [1.54, 1.807) is 0 Å². The van der Waals surface area contributed by atoms with Crippen molar-refractivity contribution in [2.45, 2.75) is 17.4 Å². The van der Waals surface area contributed by atoms with E-state index in [0.717, 1.165) is 9.87 Å². The van der Waals surface area contributed by atoms with Gasteiger partial charge in [-0.2, -0.15) is 0 Å². The van der Waals surface area contributed by atoms with Crippen LogP contribution in [0.25, 0.3) is 0 Å². The highest BCUT2D eigenvalue weighted by molar-refractivity contribution is 7.89. The quantitative estimate of drug-likeness (QED) is 0.672. The molecule has 150 valence electrons. The molecule has 0 fully saturated rings. The molecule has 2 aromatic rings. The van der Waals surface area contributed by atoms with Crippen molar-refractivity contribution >= 4 is 21.8 Å². The largest absolute Gasteiger partial charge is 0.495 e. The van der Waals surface area contributed by atoms with Crippen LogP contribution in [0.15, 0.2) is 53.4 Å². The molecule has 1 unspecified atom stereocenters. The van der Waals surface area contributed by atoms with Crippen molar-refractivity contribution in [1.29, 1.82) is 0 Å². The zero-order valence-electron chi connectivity index (χ0n) is 15.9. The zero-order chi connectivity index (χ0) is 20.9. The number of nitrogens with two attached hydrogens (primary N) is 1. The molecule has 28 heavy (non-hydrogen) atoms. The predicted molar refractivity (Wildman–Crippen MR) is 104 cm³/mol. The van der Waals surface area contributed by atoms with E-state index in [0.29, 0.717) is 0 Å². The van der Waals surface area contributed by atoms with Gasteiger partial charge in [0.05, 0.1) is 7.11 Å². The number of methoxy groups -OCH3 is 1. The van der Waals surface area contributed by atoms with Gasteiger partial charge in [-0.15, -0.1) is 0 Å². The average molecular weight is 405 g/mol. The van der Waals surface area contributed by atoms with Crippen LogP contribution >= 0.6 is 0 Å². The first-order chi connectivity index (χ1) is 13.2. The lowest BCUT2D eigenvalue weighted by molar-refractivity contribution is -0.119. The highest BCUT2D eigenvalue weighted by atomic mass is 32.2. The number of nitrogens with zero attached hydrogens (tertiary/aromatic N) is 1. The molecule has 0 radical (unpaired) electrons. The topological polar surface area (TPSA) is 119 Å². The van der Waals surface area contributed by atoms with E-state index in [1.165, 1.54) is 39.4 Å². The second-order valence-electron chi connectivity index (χ2n) is 6.27. The lowest BCUT2D eigenvalue weighted by Crippen LogP contribution is -2.45. The summed E-state index contributed by atoms with van der Waals surface area (Å²) in [6.45, 7) is 0. The van der Waals surface area contributed by atoms with E-state index < -0.39 is 27.9 Å². The van der Waals surface area contributed by atoms with Crippen LogP contribution in [0, 0.1) is 0 Å². The summed E-state index contributed by atoms with van der Waals surface area (Å²) in [5.74, 6) is -1.19. The van der Waals surface area contributed by atoms with Gasteiger partial charge in [0.25, 0.3) is 5.91 Å². The fourth-order valence-corrected chi connectivity index (χ4v) is 3.61. The van der Waals surface area contributed by atoms with Crippen molar-refractivity contribution in [2.24, 2.45) is 5.73 Å². The van der Waals surface area contributed by atoms with Gasteiger partial charge in [0, 0.05) is 26.1 Å². The van der Waals surface area contributed by atoms with Crippen LogP contribution in [0.2, 0.25) is 0 Å². The SMILES string of the molecule is COc1ccc(C(=O)NC(Cc2ccccc2)C(N)=O)cc1S(=O)(=O)N(C)C. The number of nitrogens with one attached hydrogen (secondary N) is 1. The molecule has 1 atom stereocenters. The number of primary amides is 1. The Labute approximate surface area is 164 Å². The molecule has 9 heteroatoms. The summed E-state index contributed by atoms with van der Waals surface area (Å²) in [5, 5.41) is 2.56. The summed E-state index contributed by atoms with van der Waals surface area (Å²) in [7, 11) is 0.267. The van der Waals surface area contributed by atoms with E-state index in [2.05, 4.69) is 5.32 Å². The first-order valence-electron chi connectivity index (χ1n) is 8.41. The summed E-state index contributed by atoms with van der Waals surface area (Å²) in [4.78, 5) is 24.3. The fraction of sp³-hybridized carbons (Fsp3) is 0.263. The Morgan fingerprint density at radius 2 is 1.79 bits per heavy atom. The molecule has 0 heterocycles. The number of carbonyl (C=O) groups excluding carboxylic acids is 2. The number of amides is 2. The molecular weight excluding hydrogens is 382 g/mol. The number of rotatable bonds is 8. The van der Waals surface area contributed by atoms with Gasteiger partial charge in [0.15, 0.2) is 0 Å². The van der Waals surface area contributed by atoms with Crippen LogP contribution in [-0.4, -0.2) is 51.8 Å². The standard InChI is InChI=1S/C19H23N3O5S/c1-22(2)28(25,26)17-12-14(9-10-16(17)27-3)19(24)21-15(18(20)23)11-13-7-5-4-6-8-13/h4-10,12,15H,11H2,1-3H3,(H2,20,23)(H,21,24). The molecule has 0 bridgehead atoms. The van der Waals surface area contributed by atoms with E-state index in [9.17, 15) is 18.0 Å². The van der Waals surface area contributed by atoms with Crippen molar-refractivity contribution in [3.63, 3.8) is 0 Å². The third kappa shape index (κ3) is 4.87. The summed E-state index contributed by atoms with van der Waals surface area (Å²) in [6.07, 6.45) is 0.223. The maximum absolute atomic E-state index is 12.6. The number of sulfonamides is 1. The Balaban J connectivity index is 2.31. The molecule has 0 aliphatic heterocycles. The van der Waals surface area contributed by atoms with Gasteiger partial charge in [-0.05, 0) is 23.8 Å². The first-order valence-corrected chi connectivity index (χ1v) is 9.85. The van der Waals surface area contributed by atoms with E-state index in [1.807, 2.05) is 30.3 Å². The van der Waals surface area contributed by atoms with Gasteiger partial charge in [-0.1, -0.05) is 30.3 Å². The van der Waals surface area contributed by atoms with E-state index >= 15 is 0 Å². The third-order valence-corrected chi connectivity index (χ3v) is 5.95. The van der Waals surface area contributed by atoms with Crippen molar-refractivity contribution in [3.05, 3.63) is 59.7 Å². The van der Waals surface area contributed by atoms with Crippen molar-refractivity contribution in [2.75, 3.05) is 21.2 Å². The lowest BCUT2D eigenvalue weighted by atomic mass is 10.0. The normalized spacial score (nSPS) is 12.4. The second-order valence-corrected chi connectivity index (χ2v) is 8.39. The molecule has 2 aromatic carbocycles. The van der Waals surface area contributed by atoms with Gasteiger partial charge in [-0.25, -0.2) is 12.7 Å². The van der Waals surface area contributed by atoms with E-state index in [4.69, 9.17) is 10.5 Å². The van der Waals surface area contributed by atoms with E-state index in [-0.39, 0.29) is 22.6 Å². The Hall–Kier alpha value is -2.91. The van der Waals surface area contributed by atoms with Gasteiger partial charge >= 0.3 is 0 Å². The Morgan fingerprint density at radius 1 is 1.14 bits per heavy atom. The number of hydrogen-bond acceptors (Lipinski definition) is 5. The summed E-state index contributed by atoms with van der Waals surface area (Å²) < 4.78 is 31.1. The minimum Gasteiger partial charge on any atom is -0.495 e. The smallest absolute Gasteiger partial charge is 0.251 e. The van der Waals surface area contributed by atoms with Gasteiger partial charge in [0.2, 0.25) is 15.9 Å². The van der Waals surface area contributed by atoms with Crippen LogP contribution in [0.5, 0.6) is 5.75 Å². The monoisotopic (exact) mass is 405 g/mol. The lowest BCUT2D eigenvalue weighted by Gasteiger charge is -2.18. The van der Waals surface area contributed by atoms with Gasteiger partial charge in [-0.3, -0.25) is 9.59 Å². The molecule has 0 aromatic heterocycles. The zero-order valence-corrected chi connectivity index (χ0v) is 16.7. The maximum atomic E-state index is 12.6. The van der Waals surface area contributed by atoms with Crippen LogP contribution in [0.3, 0.4) is 0 Å². The third-order valence-electron chi connectivity index (χ3n) is 4.12. The first kappa shape index (κ1) is 21.4. The number of hydrogen-bond donors (Lipinski definition) is 2. The minimum absolute atomic E-state index is 0.0699. The number of ether oxygens (including phenoxy) is 1. The van der Waals surface area contributed by atoms with Crippen molar-refractivity contribution in [1.82, 2.24) is 9.62 Å². The molecule has 0 saturated heterocycles. The van der Waals surface area contributed by atoms with Crippen molar-refractivity contribution < 1.29 is 22.7 Å². The maximum Gasteiger partial charge on any atom is 0.251 e. The molecule has 0 spiro atoms. The van der Waals surface area contributed by atoms with Gasteiger partial charge < -0.3 is 15.8 Å². The average Bonchev–Trinajstić information content (AvgIpc) is 2.67. The summed E-state index contributed by atoms with van der Waals surface area (Å²) in [6, 6.07) is 12.2. The minimum atomic E-state index is -3.83. The molecule has 0 aliphatic rings. The molecule has 8 nitrogen and oxygen atoms in total. The van der Waals surface area contributed by atoms with Crippen molar-refractivity contribution in [3.8, 4) is 5.75 Å². The van der Waals surface area contributed by atoms with Crippen LogP contribution in [0.4, 0.5) is 0 Å². The molecule has 3 N–H and O–H groups in total. The molecular formula is C19H23N3O5S. The molecule has 0 aliphatic carbocycles. The Kier molecular flexibility index (Phi) is 6.76. The molecule has 0 saturated carbocycles. The summed E-state index contributed by atoms with van der Waals surface area (Å²) in [5.41, 5.74) is 6.32. The molecule has 2 rings (SSSR count). The Bertz CT molecular complexity index is 959. The van der Waals surface area contributed by atoms with Gasteiger partial charge in [0.1, 0.15) is 16.7 Å². The summed E-state index contributed by atoms with van der Waals surface area (Å²) >= 11 is 0. The van der Waals surface area contributed by atoms with Crippen LogP contribution < -0.4 is 15.8 Å². The highest BCUT2D eigenvalue weighted by Crippen LogP contribution is 2.27. The highest BCUT2D eigenvalue weighted by Gasteiger charge is 2.25. The predicted octanol–water partition coefficient (Wildman–Crippen LogP) is 0.772. The Morgan fingerprint density at radius 3 is 2.32 bits per heavy atom. The van der Waals surface area contributed by atoms with Crippen LogP contribution in [-0.2, 0) is 21.2 Å². The van der Waals surface area contributed by atoms with Crippen LogP contribution in [0.1, 0.15) is 15.9 Å². The second kappa shape index (κ2) is 8.85.